The van der Waals surface area contributed by atoms with Crippen molar-refractivity contribution in [3.05, 3.63) is 71.5 Å². The molecule has 2 aromatic carbocycles. The van der Waals surface area contributed by atoms with Crippen molar-refractivity contribution in [2.45, 2.75) is 27.2 Å². The largest absolute Gasteiger partial charge is 0.494 e. The van der Waals surface area contributed by atoms with Gasteiger partial charge >= 0.3 is 0 Å². The van der Waals surface area contributed by atoms with Crippen LogP contribution in [0.2, 0.25) is 0 Å². The van der Waals surface area contributed by atoms with Gasteiger partial charge in [0.2, 0.25) is 5.95 Å². The van der Waals surface area contributed by atoms with E-state index in [1.165, 1.54) is 5.56 Å². The Labute approximate surface area is 165 Å². The molecule has 6 nitrogen and oxygen atoms in total. The Bertz CT molecular complexity index is 955. The van der Waals surface area contributed by atoms with Gasteiger partial charge in [-0.05, 0) is 61.7 Å². The molecule has 1 amide bonds. The van der Waals surface area contributed by atoms with Crippen LogP contribution in [0.1, 0.15) is 35.5 Å². The average molecular weight is 376 g/mol. The summed E-state index contributed by atoms with van der Waals surface area (Å²) >= 11 is 0. The summed E-state index contributed by atoms with van der Waals surface area (Å²) in [4.78, 5) is 21.2. The molecule has 2 N–H and O–H groups in total. The van der Waals surface area contributed by atoms with Crippen molar-refractivity contribution in [3.8, 4) is 5.75 Å². The maximum atomic E-state index is 12.6. The molecule has 0 aliphatic rings. The molecule has 1 heterocycles. The van der Waals surface area contributed by atoms with Crippen molar-refractivity contribution < 1.29 is 9.53 Å². The van der Waals surface area contributed by atoms with Crippen LogP contribution >= 0.6 is 0 Å². The number of aryl methyl sites for hydroxylation is 2. The Morgan fingerprint density at radius 1 is 1.07 bits per heavy atom. The van der Waals surface area contributed by atoms with E-state index in [0.717, 1.165) is 23.4 Å². The summed E-state index contributed by atoms with van der Waals surface area (Å²) < 4.78 is 5.41. The predicted molar refractivity (Wildman–Crippen MR) is 111 cm³/mol. The van der Waals surface area contributed by atoms with Crippen LogP contribution in [0, 0.1) is 6.92 Å². The molecule has 3 aromatic rings. The zero-order chi connectivity index (χ0) is 19.9. The molecule has 0 unspecified atom stereocenters. The monoisotopic (exact) mass is 376 g/mol. The smallest absolute Gasteiger partial charge is 0.274 e. The van der Waals surface area contributed by atoms with Crippen LogP contribution in [0.4, 0.5) is 17.3 Å². The molecule has 0 aliphatic heterocycles. The highest BCUT2D eigenvalue weighted by Gasteiger charge is 2.11. The van der Waals surface area contributed by atoms with Crippen LogP contribution < -0.4 is 15.4 Å². The molecular weight excluding hydrogens is 352 g/mol. The van der Waals surface area contributed by atoms with Gasteiger partial charge in [-0.2, -0.15) is 0 Å². The summed E-state index contributed by atoms with van der Waals surface area (Å²) in [6, 6.07) is 14.9. The van der Waals surface area contributed by atoms with Gasteiger partial charge in [0, 0.05) is 17.6 Å². The van der Waals surface area contributed by atoms with E-state index in [9.17, 15) is 4.79 Å². The number of carbonyl (C=O) groups is 1. The molecule has 144 valence electrons. The first kappa shape index (κ1) is 19.4. The number of amides is 1. The first-order valence-electron chi connectivity index (χ1n) is 9.33. The number of carbonyl (C=O) groups excluding carboxylic acids is 1. The van der Waals surface area contributed by atoms with Crippen molar-refractivity contribution in [2.24, 2.45) is 0 Å². The van der Waals surface area contributed by atoms with Crippen LogP contribution in [0.25, 0.3) is 0 Å². The minimum atomic E-state index is -0.296. The number of hydrogen-bond donors (Lipinski definition) is 2. The fraction of sp³-hybridized carbons (Fsp3) is 0.227. The fourth-order valence-electron chi connectivity index (χ4n) is 2.86. The van der Waals surface area contributed by atoms with E-state index in [1.54, 1.807) is 24.4 Å². The molecule has 0 saturated heterocycles. The van der Waals surface area contributed by atoms with Gasteiger partial charge < -0.3 is 15.4 Å². The number of hydrogen-bond acceptors (Lipinski definition) is 5. The summed E-state index contributed by atoms with van der Waals surface area (Å²) in [5.41, 5.74) is 4.22. The van der Waals surface area contributed by atoms with Gasteiger partial charge in [-0.25, -0.2) is 9.97 Å². The maximum Gasteiger partial charge on any atom is 0.274 e. The summed E-state index contributed by atoms with van der Waals surface area (Å²) in [7, 11) is 0. The summed E-state index contributed by atoms with van der Waals surface area (Å²) in [5, 5.41) is 6.09. The van der Waals surface area contributed by atoms with E-state index < -0.39 is 0 Å². The second-order valence-corrected chi connectivity index (χ2v) is 6.26. The number of benzene rings is 2. The first-order chi connectivity index (χ1) is 13.6. The lowest BCUT2D eigenvalue weighted by Gasteiger charge is -2.13. The Morgan fingerprint density at radius 3 is 2.57 bits per heavy atom. The Morgan fingerprint density at radius 2 is 1.86 bits per heavy atom. The SMILES string of the molecule is CCOc1ccc(NC(=O)c2ccnc(Nc3c(C)cccc3CC)n2)cc1. The highest BCUT2D eigenvalue weighted by Crippen LogP contribution is 2.24. The second kappa shape index (κ2) is 8.99. The first-order valence-corrected chi connectivity index (χ1v) is 9.33. The molecule has 0 saturated carbocycles. The zero-order valence-corrected chi connectivity index (χ0v) is 16.3. The van der Waals surface area contributed by atoms with Crippen molar-refractivity contribution in [2.75, 3.05) is 17.2 Å². The lowest BCUT2D eigenvalue weighted by Crippen LogP contribution is -2.15. The molecule has 0 radical (unpaired) electrons. The minimum Gasteiger partial charge on any atom is -0.494 e. The van der Waals surface area contributed by atoms with Gasteiger partial charge in [-0.3, -0.25) is 4.79 Å². The number of rotatable bonds is 7. The number of nitrogens with zero attached hydrogens (tertiary/aromatic N) is 2. The van der Waals surface area contributed by atoms with E-state index in [-0.39, 0.29) is 11.6 Å². The molecule has 3 rings (SSSR count). The van der Waals surface area contributed by atoms with Crippen LogP contribution in [0.15, 0.2) is 54.7 Å². The molecule has 1 aromatic heterocycles. The topological polar surface area (TPSA) is 76.1 Å². The van der Waals surface area contributed by atoms with Crippen LogP contribution in [0.3, 0.4) is 0 Å². The highest BCUT2D eigenvalue weighted by molar-refractivity contribution is 6.03. The van der Waals surface area contributed by atoms with Crippen molar-refractivity contribution in [1.82, 2.24) is 9.97 Å². The minimum absolute atomic E-state index is 0.290. The number of aromatic nitrogens is 2. The maximum absolute atomic E-state index is 12.6. The van der Waals surface area contributed by atoms with Gasteiger partial charge in [0.15, 0.2) is 0 Å². The van der Waals surface area contributed by atoms with Crippen molar-refractivity contribution in [3.63, 3.8) is 0 Å². The lowest BCUT2D eigenvalue weighted by molar-refractivity contribution is 0.102. The van der Waals surface area contributed by atoms with E-state index in [2.05, 4.69) is 33.6 Å². The lowest BCUT2D eigenvalue weighted by atomic mass is 10.1. The van der Waals surface area contributed by atoms with Gasteiger partial charge in [0.1, 0.15) is 11.4 Å². The zero-order valence-electron chi connectivity index (χ0n) is 16.3. The molecule has 0 atom stereocenters. The third-order valence-corrected chi connectivity index (χ3v) is 4.29. The Hall–Kier alpha value is -3.41. The molecule has 0 spiro atoms. The molecule has 0 bridgehead atoms. The summed E-state index contributed by atoms with van der Waals surface area (Å²) in [6.07, 6.45) is 2.47. The van der Waals surface area contributed by atoms with Crippen LogP contribution in [-0.2, 0) is 6.42 Å². The van der Waals surface area contributed by atoms with Crippen molar-refractivity contribution in [1.29, 1.82) is 0 Å². The fourth-order valence-corrected chi connectivity index (χ4v) is 2.86. The molecule has 28 heavy (non-hydrogen) atoms. The second-order valence-electron chi connectivity index (χ2n) is 6.26. The van der Waals surface area contributed by atoms with E-state index in [4.69, 9.17) is 4.74 Å². The molecular formula is C22H24N4O2. The number of anilines is 3. The van der Waals surface area contributed by atoms with Gasteiger partial charge in [-0.15, -0.1) is 0 Å². The Kier molecular flexibility index (Phi) is 6.22. The molecule has 6 heteroatoms. The number of para-hydroxylation sites is 1. The Balaban J connectivity index is 1.75. The highest BCUT2D eigenvalue weighted by atomic mass is 16.5. The van der Waals surface area contributed by atoms with Gasteiger partial charge in [-0.1, -0.05) is 25.1 Å². The molecule has 0 aliphatic carbocycles. The normalized spacial score (nSPS) is 10.4. The van der Waals surface area contributed by atoms with E-state index >= 15 is 0 Å². The number of nitrogens with one attached hydrogen (secondary N) is 2. The van der Waals surface area contributed by atoms with Gasteiger partial charge in [0.25, 0.3) is 5.91 Å². The van der Waals surface area contributed by atoms with Crippen LogP contribution in [-0.4, -0.2) is 22.5 Å². The standard InChI is InChI=1S/C22H24N4O2/c1-4-16-8-6-7-15(3)20(16)26-22-23-14-13-19(25-22)21(27)24-17-9-11-18(12-10-17)28-5-2/h6-14H,4-5H2,1-3H3,(H,24,27)(H,23,25,26). The van der Waals surface area contributed by atoms with Gasteiger partial charge in [0.05, 0.1) is 6.61 Å². The third kappa shape index (κ3) is 4.65. The summed E-state index contributed by atoms with van der Waals surface area (Å²) in [5.74, 6) is 0.859. The quantitative estimate of drug-likeness (QED) is 0.623. The van der Waals surface area contributed by atoms with Crippen LogP contribution in [0.5, 0.6) is 5.75 Å². The average Bonchev–Trinajstić information content (AvgIpc) is 2.71. The van der Waals surface area contributed by atoms with E-state index in [1.807, 2.05) is 38.1 Å². The molecule has 0 fully saturated rings. The third-order valence-electron chi connectivity index (χ3n) is 4.29. The summed E-state index contributed by atoms with van der Waals surface area (Å²) in [6.45, 7) is 6.66. The number of ether oxygens (including phenoxy) is 1. The predicted octanol–water partition coefficient (Wildman–Crippen LogP) is 4.74. The van der Waals surface area contributed by atoms with Crippen molar-refractivity contribution >= 4 is 23.2 Å². The van der Waals surface area contributed by atoms with E-state index in [0.29, 0.717) is 18.2 Å².